The van der Waals surface area contributed by atoms with Crippen molar-refractivity contribution in [3.8, 4) is 17.0 Å². The molecule has 0 saturated carbocycles. The van der Waals surface area contributed by atoms with Gasteiger partial charge in [-0.3, -0.25) is 0 Å². The van der Waals surface area contributed by atoms with Gasteiger partial charge in [0.2, 0.25) is 5.82 Å². The number of nitrogens with one attached hydrogen (secondary N) is 1. The van der Waals surface area contributed by atoms with Crippen LogP contribution in [0.3, 0.4) is 0 Å². The van der Waals surface area contributed by atoms with Crippen molar-refractivity contribution in [2.24, 2.45) is 0 Å². The highest BCUT2D eigenvalue weighted by atomic mass is 19.4. The molecule has 1 heterocycles. The predicted molar refractivity (Wildman–Crippen MR) is 68.5 cm³/mol. The predicted octanol–water partition coefficient (Wildman–Crippen LogP) is 3.35. The molecule has 112 valence electrons. The zero-order valence-electron chi connectivity index (χ0n) is 11.1. The van der Waals surface area contributed by atoms with Crippen molar-refractivity contribution in [1.29, 1.82) is 0 Å². The first-order valence-corrected chi connectivity index (χ1v) is 5.83. The summed E-state index contributed by atoms with van der Waals surface area (Å²) in [4.78, 5) is 6.79. The number of hydrogen-bond donors (Lipinski definition) is 1. The van der Waals surface area contributed by atoms with Crippen LogP contribution in [0.1, 0.15) is 5.82 Å². The Kier molecular flexibility index (Phi) is 3.97. The molecule has 2 rings (SSSR count). The van der Waals surface area contributed by atoms with Crippen LogP contribution in [-0.4, -0.2) is 24.1 Å². The number of ether oxygens (including phenoxy) is 1. The molecule has 0 atom stereocenters. The minimum Gasteiger partial charge on any atom is -0.496 e. The molecule has 0 amide bonds. The quantitative estimate of drug-likeness (QED) is 0.883. The van der Waals surface area contributed by atoms with Crippen molar-refractivity contribution in [3.05, 3.63) is 35.9 Å². The van der Waals surface area contributed by atoms with Crippen LogP contribution in [0.15, 0.2) is 24.3 Å². The van der Waals surface area contributed by atoms with Gasteiger partial charge in [0.15, 0.2) is 0 Å². The average Bonchev–Trinajstić information content (AvgIpc) is 2.45. The third-order valence-electron chi connectivity index (χ3n) is 2.67. The molecule has 2 aromatic rings. The van der Waals surface area contributed by atoms with Crippen molar-refractivity contribution < 1.29 is 22.3 Å². The van der Waals surface area contributed by atoms with E-state index in [1.165, 1.54) is 26.3 Å². The molecule has 0 radical (unpaired) electrons. The Balaban J connectivity index is 2.66. The molecule has 8 heteroatoms. The van der Waals surface area contributed by atoms with Crippen LogP contribution >= 0.6 is 0 Å². The number of nitrogens with zero attached hydrogens (tertiary/aromatic N) is 2. The summed E-state index contributed by atoms with van der Waals surface area (Å²) in [6, 6.07) is 4.81. The van der Waals surface area contributed by atoms with Crippen molar-refractivity contribution in [3.63, 3.8) is 0 Å². The van der Waals surface area contributed by atoms with Crippen molar-refractivity contribution in [2.75, 3.05) is 19.5 Å². The normalized spacial score (nSPS) is 11.3. The van der Waals surface area contributed by atoms with E-state index in [2.05, 4.69) is 15.3 Å². The molecule has 0 fully saturated rings. The van der Waals surface area contributed by atoms with E-state index in [-0.39, 0.29) is 22.8 Å². The van der Waals surface area contributed by atoms with E-state index in [0.717, 1.165) is 12.1 Å². The van der Waals surface area contributed by atoms with E-state index in [1.54, 1.807) is 0 Å². The molecular formula is C13H11F4N3O. The third-order valence-corrected chi connectivity index (χ3v) is 2.67. The molecule has 1 aromatic carbocycles. The minimum absolute atomic E-state index is 0.0290. The highest BCUT2D eigenvalue weighted by Crippen LogP contribution is 2.33. The first-order chi connectivity index (χ1) is 9.85. The van der Waals surface area contributed by atoms with Crippen molar-refractivity contribution in [1.82, 2.24) is 9.97 Å². The molecular weight excluding hydrogens is 290 g/mol. The van der Waals surface area contributed by atoms with Gasteiger partial charge in [-0.1, -0.05) is 0 Å². The summed E-state index contributed by atoms with van der Waals surface area (Å²) in [5, 5.41) is 2.52. The second kappa shape index (κ2) is 5.55. The van der Waals surface area contributed by atoms with Gasteiger partial charge in [-0.15, -0.1) is 0 Å². The fraction of sp³-hybridized carbons (Fsp3) is 0.231. The van der Waals surface area contributed by atoms with Crippen molar-refractivity contribution in [2.45, 2.75) is 6.18 Å². The van der Waals surface area contributed by atoms with Crippen molar-refractivity contribution >= 4 is 5.82 Å². The SMILES string of the molecule is CNc1cc(-c2cc(F)ccc2OC)nc(C(F)(F)F)n1. The lowest BCUT2D eigenvalue weighted by Crippen LogP contribution is -2.13. The minimum atomic E-state index is -4.71. The molecule has 0 bridgehead atoms. The lowest BCUT2D eigenvalue weighted by atomic mass is 10.1. The second-order valence-electron chi connectivity index (χ2n) is 4.05. The highest BCUT2D eigenvalue weighted by molar-refractivity contribution is 5.69. The van der Waals surface area contributed by atoms with E-state index in [4.69, 9.17) is 4.74 Å². The number of benzene rings is 1. The molecule has 0 spiro atoms. The van der Waals surface area contributed by atoms with Crippen LogP contribution in [0.25, 0.3) is 11.3 Å². The molecule has 1 aromatic heterocycles. The number of alkyl halides is 3. The maximum atomic E-state index is 13.3. The molecule has 21 heavy (non-hydrogen) atoms. The smallest absolute Gasteiger partial charge is 0.451 e. The first kappa shape index (κ1) is 15.0. The summed E-state index contributed by atoms with van der Waals surface area (Å²) in [7, 11) is 2.76. The van der Waals surface area contributed by atoms with Gasteiger partial charge in [0.1, 0.15) is 17.4 Å². The second-order valence-corrected chi connectivity index (χ2v) is 4.05. The zero-order valence-corrected chi connectivity index (χ0v) is 11.1. The summed E-state index contributed by atoms with van der Waals surface area (Å²) in [6.07, 6.45) is -4.71. The van der Waals surface area contributed by atoms with Gasteiger partial charge in [-0.25, -0.2) is 14.4 Å². The highest BCUT2D eigenvalue weighted by Gasteiger charge is 2.35. The Morgan fingerprint density at radius 2 is 1.86 bits per heavy atom. The number of rotatable bonds is 3. The molecule has 0 saturated heterocycles. The van der Waals surface area contributed by atoms with E-state index in [1.807, 2.05) is 0 Å². The van der Waals surface area contributed by atoms with Crippen LogP contribution in [-0.2, 0) is 6.18 Å². The largest absolute Gasteiger partial charge is 0.496 e. The standard InChI is InChI=1S/C13H11F4N3O/c1-18-11-6-9(19-12(20-11)13(15,16)17)8-5-7(14)3-4-10(8)21-2/h3-6H,1-2H3,(H,18,19,20). The van der Waals surface area contributed by atoms with Crippen LogP contribution in [0.2, 0.25) is 0 Å². The van der Waals surface area contributed by atoms with Gasteiger partial charge in [0.05, 0.1) is 12.8 Å². The Morgan fingerprint density at radius 3 is 2.43 bits per heavy atom. The molecule has 0 aliphatic heterocycles. The average molecular weight is 301 g/mol. The fourth-order valence-electron chi connectivity index (χ4n) is 1.72. The van der Waals surface area contributed by atoms with Gasteiger partial charge >= 0.3 is 6.18 Å². The number of methoxy groups -OCH3 is 1. The lowest BCUT2D eigenvalue weighted by molar-refractivity contribution is -0.144. The Labute approximate surface area is 117 Å². The van der Waals surface area contributed by atoms with Gasteiger partial charge in [0, 0.05) is 18.7 Å². The summed E-state index contributed by atoms with van der Waals surface area (Å²) in [5.41, 5.74) is 0.0277. The van der Waals surface area contributed by atoms with E-state index in [9.17, 15) is 17.6 Å². The van der Waals surface area contributed by atoms with Crippen LogP contribution in [0.4, 0.5) is 23.4 Å². The van der Waals surface area contributed by atoms with Crippen LogP contribution in [0.5, 0.6) is 5.75 Å². The Morgan fingerprint density at radius 1 is 1.14 bits per heavy atom. The van der Waals surface area contributed by atoms with E-state index < -0.39 is 17.8 Å². The molecule has 0 unspecified atom stereocenters. The molecule has 1 N–H and O–H groups in total. The Bertz CT molecular complexity index is 658. The first-order valence-electron chi connectivity index (χ1n) is 5.83. The summed E-state index contributed by atoms with van der Waals surface area (Å²) >= 11 is 0. The van der Waals surface area contributed by atoms with E-state index >= 15 is 0 Å². The van der Waals surface area contributed by atoms with Gasteiger partial charge in [0.25, 0.3) is 0 Å². The number of halogens is 4. The van der Waals surface area contributed by atoms with Crippen LogP contribution < -0.4 is 10.1 Å². The Hall–Kier alpha value is -2.38. The maximum absolute atomic E-state index is 13.3. The third kappa shape index (κ3) is 3.21. The maximum Gasteiger partial charge on any atom is 0.451 e. The zero-order chi connectivity index (χ0) is 15.6. The van der Waals surface area contributed by atoms with Crippen LogP contribution in [0, 0.1) is 5.82 Å². The molecule has 0 aliphatic carbocycles. The lowest BCUT2D eigenvalue weighted by Gasteiger charge is -2.12. The van der Waals surface area contributed by atoms with E-state index in [0.29, 0.717) is 0 Å². The van der Waals surface area contributed by atoms with Gasteiger partial charge in [-0.2, -0.15) is 13.2 Å². The van der Waals surface area contributed by atoms with Gasteiger partial charge < -0.3 is 10.1 Å². The number of aromatic nitrogens is 2. The monoisotopic (exact) mass is 301 g/mol. The molecule has 0 aliphatic rings. The fourth-order valence-corrected chi connectivity index (χ4v) is 1.72. The number of hydrogen-bond acceptors (Lipinski definition) is 4. The summed E-state index contributed by atoms with van der Waals surface area (Å²) < 4.78 is 56.8. The molecule has 4 nitrogen and oxygen atoms in total. The summed E-state index contributed by atoms with van der Waals surface area (Å²) in [6.45, 7) is 0. The number of anilines is 1. The summed E-state index contributed by atoms with van der Waals surface area (Å²) in [5.74, 6) is -1.73. The topological polar surface area (TPSA) is 47.0 Å². The van der Waals surface area contributed by atoms with Gasteiger partial charge in [-0.05, 0) is 18.2 Å².